The van der Waals surface area contributed by atoms with Gasteiger partial charge in [-0.15, -0.1) is 11.6 Å². The summed E-state index contributed by atoms with van der Waals surface area (Å²) < 4.78 is 2.05. The number of hydrogen-bond donors (Lipinski definition) is 1. The first kappa shape index (κ1) is 11.3. The number of nitrogens with zero attached hydrogens (tertiary/aromatic N) is 2. The van der Waals surface area contributed by atoms with Crippen LogP contribution in [0.2, 0.25) is 0 Å². The Kier molecular flexibility index (Phi) is 3.67. The Morgan fingerprint density at radius 3 is 3.19 bits per heavy atom. The van der Waals surface area contributed by atoms with Crippen LogP contribution >= 0.6 is 11.6 Å². The molecule has 1 unspecified atom stereocenters. The average molecular weight is 238 g/mol. The Balaban J connectivity index is 2.06. The van der Waals surface area contributed by atoms with Crippen LogP contribution in [0, 0.1) is 5.92 Å². The van der Waals surface area contributed by atoms with Crippen LogP contribution in [0.15, 0.2) is 30.6 Å². The number of alkyl halides is 1. The van der Waals surface area contributed by atoms with E-state index in [1.165, 1.54) is 0 Å². The highest BCUT2D eigenvalue weighted by molar-refractivity contribution is 6.17. The number of hydrogen-bond acceptors (Lipinski definition) is 2. The van der Waals surface area contributed by atoms with Crippen LogP contribution in [0.25, 0.3) is 5.65 Å². The fraction of sp³-hybridized carbons (Fsp3) is 0.417. The number of anilines is 1. The molecule has 16 heavy (non-hydrogen) atoms. The second-order valence-electron chi connectivity index (χ2n) is 4.03. The Morgan fingerprint density at radius 2 is 2.38 bits per heavy atom. The predicted molar refractivity (Wildman–Crippen MR) is 68.2 cm³/mol. The maximum Gasteiger partial charge on any atom is 0.138 e. The third-order valence-electron chi connectivity index (χ3n) is 2.66. The molecule has 0 spiro atoms. The van der Waals surface area contributed by atoms with Gasteiger partial charge in [0.1, 0.15) is 11.5 Å². The summed E-state index contributed by atoms with van der Waals surface area (Å²) in [5, 5.41) is 3.42. The second kappa shape index (κ2) is 5.21. The minimum absolute atomic E-state index is 0.580. The highest BCUT2D eigenvalue weighted by Gasteiger charge is 2.03. The summed E-state index contributed by atoms with van der Waals surface area (Å²) >= 11 is 5.71. The second-order valence-corrected chi connectivity index (χ2v) is 4.41. The first-order chi connectivity index (χ1) is 7.81. The molecule has 1 N–H and O–H groups in total. The topological polar surface area (TPSA) is 29.3 Å². The van der Waals surface area contributed by atoms with Crippen molar-refractivity contribution in [2.75, 3.05) is 17.7 Å². The number of halogens is 1. The number of rotatable bonds is 5. The minimum Gasteiger partial charge on any atom is -0.371 e. The molecule has 0 saturated carbocycles. The lowest BCUT2D eigenvalue weighted by atomic mass is 10.1. The maximum absolute atomic E-state index is 5.71. The molecule has 2 heterocycles. The van der Waals surface area contributed by atoms with Crippen molar-refractivity contribution in [3.05, 3.63) is 30.6 Å². The number of aromatic nitrogens is 2. The van der Waals surface area contributed by atoms with Gasteiger partial charge in [-0.05, 0) is 24.5 Å². The zero-order valence-corrected chi connectivity index (χ0v) is 10.1. The predicted octanol–water partition coefficient (Wildman–Crippen LogP) is 3.01. The van der Waals surface area contributed by atoms with Crippen molar-refractivity contribution in [3.63, 3.8) is 0 Å². The van der Waals surface area contributed by atoms with Gasteiger partial charge in [0.15, 0.2) is 0 Å². The van der Waals surface area contributed by atoms with Crippen LogP contribution in [0.1, 0.15) is 13.3 Å². The molecule has 0 aliphatic heterocycles. The van der Waals surface area contributed by atoms with E-state index in [1.807, 2.05) is 28.9 Å². The molecule has 0 aliphatic carbocycles. The molecule has 0 radical (unpaired) electrons. The van der Waals surface area contributed by atoms with Gasteiger partial charge < -0.3 is 5.32 Å². The molecule has 2 aromatic heterocycles. The van der Waals surface area contributed by atoms with Crippen molar-refractivity contribution in [2.24, 2.45) is 5.92 Å². The van der Waals surface area contributed by atoms with Crippen LogP contribution in [-0.4, -0.2) is 21.8 Å². The molecular formula is C12H16ClN3. The van der Waals surface area contributed by atoms with Crippen molar-refractivity contribution < 1.29 is 0 Å². The summed E-state index contributed by atoms with van der Waals surface area (Å²) in [5.74, 6) is 2.38. The van der Waals surface area contributed by atoms with E-state index < -0.39 is 0 Å². The average Bonchev–Trinajstić information content (AvgIpc) is 2.75. The molecule has 3 nitrogen and oxygen atoms in total. The Labute approximate surface area is 100 Å². The van der Waals surface area contributed by atoms with Crippen LogP contribution in [0.3, 0.4) is 0 Å². The third-order valence-corrected chi connectivity index (χ3v) is 2.88. The fourth-order valence-corrected chi connectivity index (χ4v) is 2.03. The lowest BCUT2D eigenvalue weighted by Gasteiger charge is -2.13. The van der Waals surface area contributed by atoms with E-state index in [2.05, 4.69) is 23.3 Å². The fourth-order valence-electron chi connectivity index (χ4n) is 1.66. The van der Waals surface area contributed by atoms with E-state index in [0.29, 0.717) is 5.92 Å². The van der Waals surface area contributed by atoms with Gasteiger partial charge in [0, 0.05) is 24.8 Å². The number of pyridine rings is 1. The molecule has 86 valence electrons. The summed E-state index contributed by atoms with van der Waals surface area (Å²) in [6.45, 7) is 3.13. The van der Waals surface area contributed by atoms with E-state index in [-0.39, 0.29) is 0 Å². The van der Waals surface area contributed by atoms with Crippen molar-refractivity contribution in [1.82, 2.24) is 9.38 Å². The van der Waals surface area contributed by atoms with E-state index in [0.717, 1.165) is 30.3 Å². The summed E-state index contributed by atoms with van der Waals surface area (Å²) in [4.78, 5) is 4.24. The molecule has 0 fully saturated rings. The SMILES string of the molecule is CC(CCCl)CNc1cccc2nccn12. The van der Waals surface area contributed by atoms with Crippen LogP contribution in [0.4, 0.5) is 5.82 Å². The summed E-state index contributed by atoms with van der Waals surface area (Å²) in [6, 6.07) is 6.06. The molecule has 1 atom stereocenters. The monoisotopic (exact) mass is 237 g/mol. The van der Waals surface area contributed by atoms with Crippen molar-refractivity contribution in [1.29, 1.82) is 0 Å². The molecule has 2 aromatic rings. The Morgan fingerprint density at radius 1 is 1.50 bits per heavy atom. The summed E-state index contributed by atoms with van der Waals surface area (Å²) in [7, 11) is 0. The highest BCUT2D eigenvalue weighted by Crippen LogP contribution is 2.12. The van der Waals surface area contributed by atoms with Crippen LogP contribution in [0.5, 0.6) is 0 Å². The first-order valence-electron chi connectivity index (χ1n) is 5.53. The maximum atomic E-state index is 5.71. The lowest BCUT2D eigenvalue weighted by Crippen LogP contribution is -2.13. The number of imidazole rings is 1. The van der Waals surface area contributed by atoms with Gasteiger partial charge in [0.25, 0.3) is 0 Å². The van der Waals surface area contributed by atoms with Gasteiger partial charge in [-0.2, -0.15) is 0 Å². The van der Waals surface area contributed by atoms with Crippen molar-refractivity contribution in [2.45, 2.75) is 13.3 Å². The van der Waals surface area contributed by atoms with Gasteiger partial charge in [-0.25, -0.2) is 4.98 Å². The van der Waals surface area contributed by atoms with E-state index in [4.69, 9.17) is 11.6 Å². The highest BCUT2D eigenvalue weighted by atomic mass is 35.5. The largest absolute Gasteiger partial charge is 0.371 e. The smallest absolute Gasteiger partial charge is 0.138 e. The first-order valence-corrected chi connectivity index (χ1v) is 6.06. The van der Waals surface area contributed by atoms with Gasteiger partial charge >= 0.3 is 0 Å². The molecule has 0 aromatic carbocycles. The zero-order valence-electron chi connectivity index (χ0n) is 9.36. The van der Waals surface area contributed by atoms with E-state index >= 15 is 0 Å². The van der Waals surface area contributed by atoms with Gasteiger partial charge in [-0.3, -0.25) is 4.40 Å². The molecule has 2 rings (SSSR count). The molecule has 0 aliphatic rings. The van der Waals surface area contributed by atoms with Crippen molar-refractivity contribution >= 4 is 23.1 Å². The molecule has 4 heteroatoms. The normalized spacial score (nSPS) is 12.9. The van der Waals surface area contributed by atoms with E-state index in [9.17, 15) is 0 Å². The number of nitrogens with one attached hydrogen (secondary N) is 1. The molecule has 0 bridgehead atoms. The lowest BCUT2D eigenvalue weighted by molar-refractivity contribution is 0.595. The zero-order chi connectivity index (χ0) is 11.4. The minimum atomic E-state index is 0.580. The summed E-state index contributed by atoms with van der Waals surface area (Å²) in [6.07, 6.45) is 4.81. The van der Waals surface area contributed by atoms with Gasteiger partial charge in [-0.1, -0.05) is 13.0 Å². The van der Waals surface area contributed by atoms with Gasteiger partial charge in [0.05, 0.1) is 0 Å². The van der Waals surface area contributed by atoms with Crippen LogP contribution in [-0.2, 0) is 0 Å². The van der Waals surface area contributed by atoms with Crippen LogP contribution < -0.4 is 5.32 Å². The molecule has 0 saturated heterocycles. The van der Waals surface area contributed by atoms with Crippen molar-refractivity contribution in [3.8, 4) is 0 Å². The summed E-state index contributed by atoms with van der Waals surface area (Å²) in [5.41, 5.74) is 0.968. The number of fused-ring (bicyclic) bond motifs is 1. The standard InChI is InChI=1S/C12H16ClN3/c1-10(5-6-13)9-15-12-4-2-3-11-14-7-8-16(11)12/h2-4,7-8,10,15H,5-6,9H2,1H3. The Hall–Kier alpha value is -1.22. The third kappa shape index (κ3) is 2.47. The quantitative estimate of drug-likeness (QED) is 0.810. The Bertz CT molecular complexity index is 452. The van der Waals surface area contributed by atoms with E-state index in [1.54, 1.807) is 0 Å². The van der Waals surface area contributed by atoms with Gasteiger partial charge in [0.2, 0.25) is 0 Å². The molecule has 0 amide bonds. The molecular weight excluding hydrogens is 222 g/mol.